The number of carbonyl (C=O) groups excluding carboxylic acids is 1. The third-order valence-electron chi connectivity index (χ3n) is 3.97. The van der Waals surface area contributed by atoms with E-state index in [1.807, 2.05) is 18.2 Å². The number of ether oxygens (including phenoxy) is 2. The Balaban J connectivity index is 1.54. The van der Waals surface area contributed by atoms with Gasteiger partial charge in [0.2, 0.25) is 5.91 Å². The largest absolute Gasteiger partial charge is 0.486 e. The molecule has 0 saturated heterocycles. The topological polar surface area (TPSA) is 59.6 Å². The summed E-state index contributed by atoms with van der Waals surface area (Å²) < 4.78 is 11.1. The molecule has 0 aromatic heterocycles. The van der Waals surface area contributed by atoms with E-state index in [9.17, 15) is 4.79 Å². The zero-order chi connectivity index (χ0) is 14.7. The Morgan fingerprint density at radius 3 is 2.86 bits per heavy atom. The smallest absolute Gasteiger partial charge is 0.223 e. The SMILES string of the molecule is CCNCCNC(=O)C1CC1c1ccc2c(c1)OCCO2. The molecule has 0 bridgehead atoms. The van der Waals surface area contributed by atoms with Crippen LogP contribution in [0, 0.1) is 5.92 Å². The van der Waals surface area contributed by atoms with Gasteiger partial charge >= 0.3 is 0 Å². The number of rotatable bonds is 6. The molecule has 1 fully saturated rings. The molecule has 1 heterocycles. The molecule has 1 saturated carbocycles. The molecule has 1 amide bonds. The van der Waals surface area contributed by atoms with Gasteiger partial charge in [0, 0.05) is 19.0 Å². The van der Waals surface area contributed by atoms with E-state index in [1.54, 1.807) is 0 Å². The van der Waals surface area contributed by atoms with Gasteiger partial charge in [0.15, 0.2) is 11.5 Å². The van der Waals surface area contributed by atoms with E-state index in [-0.39, 0.29) is 11.8 Å². The third-order valence-corrected chi connectivity index (χ3v) is 3.97. The van der Waals surface area contributed by atoms with Crippen LogP contribution in [0.15, 0.2) is 18.2 Å². The maximum atomic E-state index is 12.0. The van der Waals surface area contributed by atoms with Crippen molar-refractivity contribution in [1.29, 1.82) is 0 Å². The van der Waals surface area contributed by atoms with E-state index in [0.717, 1.165) is 31.0 Å². The average molecular weight is 290 g/mol. The van der Waals surface area contributed by atoms with Gasteiger partial charge in [-0.1, -0.05) is 13.0 Å². The predicted octanol–water partition coefficient (Wildman–Crippen LogP) is 1.29. The van der Waals surface area contributed by atoms with Crippen molar-refractivity contribution in [1.82, 2.24) is 10.6 Å². The van der Waals surface area contributed by atoms with Crippen molar-refractivity contribution < 1.29 is 14.3 Å². The van der Waals surface area contributed by atoms with Crippen molar-refractivity contribution in [2.24, 2.45) is 5.92 Å². The lowest BCUT2D eigenvalue weighted by Crippen LogP contribution is -2.32. The van der Waals surface area contributed by atoms with Gasteiger partial charge in [-0.15, -0.1) is 0 Å². The van der Waals surface area contributed by atoms with E-state index in [0.29, 0.717) is 25.7 Å². The van der Waals surface area contributed by atoms with Crippen molar-refractivity contribution in [2.45, 2.75) is 19.3 Å². The van der Waals surface area contributed by atoms with Gasteiger partial charge in [0.1, 0.15) is 13.2 Å². The van der Waals surface area contributed by atoms with E-state index in [2.05, 4.69) is 17.6 Å². The van der Waals surface area contributed by atoms with Gasteiger partial charge in [-0.3, -0.25) is 4.79 Å². The highest BCUT2D eigenvalue weighted by Gasteiger charge is 2.44. The second-order valence-corrected chi connectivity index (χ2v) is 5.50. The fourth-order valence-corrected chi connectivity index (χ4v) is 2.73. The molecule has 1 aromatic rings. The van der Waals surface area contributed by atoms with Crippen LogP contribution in [0.3, 0.4) is 0 Å². The number of likely N-dealkylation sites (N-methyl/N-ethyl adjacent to an activating group) is 1. The fraction of sp³-hybridized carbons (Fsp3) is 0.562. The van der Waals surface area contributed by atoms with Gasteiger partial charge in [-0.2, -0.15) is 0 Å². The minimum Gasteiger partial charge on any atom is -0.486 e. The van der Waals surface area contributed by atoms with Crippen LogP contribution in [0.1, 0.15) is 24.8 Å². The highest BCUT2D eigenvalue weighted by molar-refractivity contribution is 5.83. The number of hydrogen-bond donors (Lipinski definition) is 2. The Morgan fingerprint density at radius 2 is 2.05 bits per heavy atom. The van der Waals surface area contributed by atoms with Gasteiger partial charge in [0.05, 0.1) is 0 Å². The van der Waals surface area contributed by atoms with Crippen molar-refractivity contribution >= 4 is 5.91 Å². The fourth-order valence-electron chi connectivity index (χ4n) is 2.73. The highest BCUT2D eigenvalue weighted by atomic mass is 16.6. The van der Waals surface area contributed by atoms with Crippen LogP contribution in [0.5, 0.6) is 11.5 Å². The summed E-state index contributed by atoms with van der Waals surface area (Å²) in [7, 11) is 0. The Morgan fingerprint density at radius 1 is 1.24 bits per heavy atom. The summed E-state index contributed by atoms with van der Waals surface area (Å²) >= 11 is 0. The highest BCUT2D eigenvalue weighted by Crippen LogP contribution is 2.49. The number of fused-ring (bicyclic) bond motifs is 1. The lowest BCUT2D eigenvalue weighted by molar-refractivity contribution is -0.122. The monoisotopic (exact) mass is 290 g/mol. The van der Waals surface area contributed by atoms with Crippen LogP contribution in [0.2, 0.25) is 0 Å². The molecule has 0 radical (unpaired) electrons. The summed E-state index contributed by atoms with van der Waals surface area (Å²) in [4.78, 5) is 12.0. The van der Waals surface area contributed by atoms with Crippen molar-refractivity contribution in [2.75, 3.05) is 32.8 Å². The number of benzene rings is 1. The standard InChI is InChI=1S/C16H22N2O3/c1-2-17-5-6-18-16(19)13-10-12(13)11-3-4-14-15(9-11)21-8-7-20-14/h3-4,9,12-13,17H,2,5-8,10H2,1H3,(H,18,19). The Bertz CT molecular complexity index is 518. The number of nitrogens with one attached hydrogen (secondary N) is 2. The van der Waals surface area contributed by atoms with E-state index >= 15 is 0 Å². The number of amides is 1. The summed E-state index contributed by atoms with van der Waals surface area (Å²) in [6, 6.07) is 6.01. The minimum absolute atomic E-state index is 0.106. The summed E-state index contributed by atoms with van der Waals surface area (Å²) in [5.74, 6) is 2.19. The molecule has 0 spiro atoms. The van der Waals surface area contributed by atoms with Crippen LogP contribution >= 0.6 is 0 Å². The summed E-state index contributed by atoms with van der Waals surface area (Å²) in [5.41, 5.74) is 1.17. The maximum absolute atomic E-state index is 12.0. The minimum atomic E-state index is 0.106. The molecule has 1 aromatic carbocycles. The molecule has 2 aliphatic rings. The third kappa shape index (κ3) is 3.29. The normalized spacial score (nSPS) is 22.7. The van der Waals surface area contributed by atoms with Crippen LogP contribution < -0.4 is 20.1 Å². The lowest BCUT2D eigenvalue weighted by Gasteiger charge is -2.18. The van der Waals surface area contributed by atoms with Gasteiger partial charge in [0.25, 0.3) is 0 Å². The predicted molar refractivity (Wildman–Crippen MR) is 79.8 cm³/mol. The molecule has 5 heteroatoms. The van der Waals surface area contributed by atoms with Crippen LogP contribution in [-0.2, 0) is 4.79 Å². The molecule has 1 aliphatic carbocycles. The average Bonchev–Trinajstić information content (AvgIpc) is 3.31. The summed E-state index contributed by atoms with van der Waals surface area (Å²) in [6.45, 7) is 5.70. The first-order valence-electron chi connectivity index (χ1n) is 7.67. The first-order chi connectivity index (χ1) is 10.3. The molecular formula is C16H22N2O3. The van der Waals surface area contributed by atoms with Crippen LogP contribution in [0.25, 0.3) is 0 Å². The van der Waals surface area contributed by atoms with E-state index < -0.39 is 0 Å². The molecule has 2 atom stereocenters. The number of carbonyl (C=O) groups is 1. The lowest BCUT2D eigenvalue weighted by atomic mass is 10.1. The second kappa shape index (κ2) is 6.35. The Kier molecular flexibility index (Phi) is 4.29. The van der Waals surface area contributed by atoms with Crippen LogP contribution in [0.4, 0.5) is 0 Å². The molecule has 5 nitrogen and oxygen atoms in total. The zero-order valence-electron chi connectivity index (χ0n) is 12.4. The first kappa shape index (κ1) is 14.2. The van der Waals surface area contributed by atoms with Crippen molar-refractivity contribution in [3.63, 3.8) is 0 Å². The summed E-state index contributed by atoms with van der Waals surface area (Å²) in [6.07, 6.45) is 0.923. The van der Waals surface area contributed by atoms with E-state index in [4.69, 9.17) is 9.47 Å². The second-order valence-electron chi connectivity index (χ2n) is 5.50. The number of hydrogen-bond acceptors (Lipinski definition) is 4. The molecule has 114 valence electrons. The molecule has 1 aliphatic heterocycles. The summed E-state index contributed by atoms with van der Waals surface area (Å²) in [5, 5.41) is 6.18. The van der Waals surface area contributed by atoms with Crippen molar-refractivity contribution in [3.05, 3.63) is 23.8 Å². The Hall–Kier alpha value is -1.75. The van der Waals surface area contributed by atoms with Gasteiger partial charge in [-0.05, 0) is 36.6 Å². The zero-order valence-corrected chi connectivity index (χ0v) is 12.4. The van der Waals surface area contributed by atoms with E-state index in [1.165, 1.54) is 5.56 Å². The molecule has 2 unspecified atom stereocenters. The molecule has 3 rings (SSSR count). The molecule has 2 N–H and O–H groups in total. The van der Waals surface area contributed by atoms with Gasteiger partial charge < -0.3 is 20.1 Å². The van der Waals surface area contributed by atoms with Crippen molar-refractivity contribution in [3.8, 4) is 11.5 Å². The Labute approximate surface area is 125 Å². The molecule has 21 heavy (non-hydrogen) atoms. The first-order valence-corrected chi connectivity index (χ1v) is 7.67. The van der Waals surface area contributed by atoms with Gasteiger partial charge in [-0.25, -0.2) is 0 Å². The van der Waals surface area contributed by atoms with Crippen LogP contribution in [-0.4, -0.2) is 38.8 Å². The quantitative estimate of drug-likeness (QED) is 0.775. The maximum Gasteiger partial charge on any atom is 0.223 e. The molecular weight excluding hydrogens is 268 g/mol.